The standard InChI is InChI=1S/C12H14F3NO2/c13-12(14,15)18-10-3-1-8(2-4-10)7-17-11-5-9(16)6-11/h1-4,9,11H,5-7,16H2. The number of hydrogen-bond acceptors (Lipinski definition) is 3. The zero-order valence-electron chi connectivity index (χ0n) is 9.61. The molecule has 0 saturated heterocycles. The van der Waals surface area contributed by atoms with Crippen molar-refractivity contribution < 1.29 is 22.6 Å². The highest BCUT2D eigenvalue weighted by molar-refractivity contribution is 5.27. The van der Waals surface area contributed by atoms with Crippen molar-refractivity contribution in [2.75, 3.05) is 0 Å². The SMILES string of the molecule is NC1CC(OCc2ccc(OC(F)(F)F)cc2)C1. The van der Waals surface area contributed by atoms with E-state index in [1.165, 1.54) is 12.1 Å². The summed E-state index contributed by atoms with van der Waals surface area (Å²) < 4.78 is 45.1. The molecular weight excluding hydrogens is 247 g/mol. The van der Waals surface area contributed by atoms with Crippen molar-refractivity contribution in [3.05, 3.63) is 29.8 Å². The fourth-order valence-electron chi connectivity index (χ4n) is 1.74. The van der Waals surface area contributed by atoms with Crippen LogP contribution in [0.25, 0.3) is 0 Å². The lowest BCUT2D eigenvalue weighted by Gasteiger charge is -2.32. The Morgan fingerprint density at radius 2 is 1.78 bits per heavy atom. The van der Waals surface area contributed by atoms with Crippen molar-refractivity contribution in [2.24, 2.45) is 5.73 Å². The summed E-state index contributed by atoms with van der Waals surface area (Å²) in [5.41, 5.74) is 6.42. The third-order valence-electron chi connectivity index (χ3n) is 2.77. The van der Waals surface area contributed by atoms with Crippen molar-refractivity contribution in [3.8, 4) is 5.75 Å². The second-order valence-electron chi connectivity index (χ2n) is 4.36. The molecule has 0 aliphatic heterocycles. The number of halogens is 3. The molecule has 1 aromatic carbocycles. The van der Waals surface area contributed by atoms with E-state index >= 15 is 0 Å². The van der Waals surface area contributed by atoms with E-state index in [4.69, 9.17) is 10.5 Å². The summed E-state index contributed by atoms with van der Waals surface area (Å²) in [4.78, 5) is 0. The highest BCUT2D eigenvalue weighted by atomic mass is 19.4. The molecule has 0 amide bonds. The smallest absolute Gasteiger partial charge is 0.406 e. The molecule has 0 unspecified atom stereocenters. The van der Waals surface area contributed by atoms with Gasteiger partial charge in [-0.05, 0) is 30.5 Å². The molecule has 1 aromatic rings. The second kappa shape index (κ2) is 5.16. The third-order valence-corrected chi connectivity index (χ3v) is 2.77. The van der Waals surface area contributed by atoms with E-state index in [1.54, 1.807) is 12.1 Å². The zero-order valence-corrected chi connectivity index (χ0v) is 9.61. The van der Waals surface area contributed by atoms with Crippen molar-refractivity contribution in [1.29, 1.82) is 0 Å². The molecule has 0 radical (unpaired) electrons. The van der Waals surface area contributed by atoms with Crippen LogP contribution < -0.4 is 10.5 Å². The lowest BCUT2D eigenvalue weighted by atomic mass is 9.90. The van der Waals surface area contributed by atoms with Gasteiger partial charge >= 0.3 is 6.36 Å². The predicted molar refractivity (Wildman–Crippen MR) is 58.9 cm³/mol. The maximum atomic E-state index is 11.9. The molecule has 100 valence electrons. The molecule has 6 heteroatoms. The molecule has 0 spiro atoms. The monoisotopic (exact) mass is 261 g/mol. The fourth-order valence-corrected chi connectivity index (χ4v) is 1.74. The Hall–Kier alpha value is -1.27. The molecule has 0 aromatic heterocycles. The van der Waals surface area contributed by atoms with Gasteiger partial charge in [0.2, 0.25) is 0 Å². The topological polar surface area (TPSA) is 44.5 Å². The number of hydrogen-bond donors (Lipinski definition) is 1. The molecule has 18 heavy (non-hydrogen) atoms. The molecular formula is C12H14F3NO2. The summed E-state index contributed by atoms with van der Waals surface area (Å²) in [6, 6.07) is 5.88. The van der Waals surface area contributed by atoms with Crippen LogP contribution in [0.2, 0.25) is 0 Å². The molecule has 0 bridgehead atoms. The van der Waals surface area contributed by atoms with Gasteiger partial charge in [-0.15, -0.1) is 13.2 Å². The minimum atomic E-state index is -4.65. The summed E-state index contributed by atoms with van der Waals surface area (Å²) in [6.45, 7) is 0.379. The van der Waals surface area contributed by atoms with Crippen molar-refractivity contribution in [3.63, 3.8) is 0 Å². The quantitative estimate of drug-likeness (QED) is 0.906. The zero-order chi connectivity index (χ0) is 13.2. The van der Waals surface area contributed by atoms with Gasteiger partial charge in [0.1, 0.15) is 5.75 Å². The summed E-state index contributed by atoms with van der Waals surface area (Å²) in [7, 11) is 0. The van der Waals surface area contributed by atoms with Gasteiger partial charge in [0.25, 0.3) is 0 Å². The Labute approximate surface area is 103 Å². The molecule has 1 aliphatic carbocycles. The average molecular weight is 261 g/mol. The Morgan fingerprint density at radius 1 is 1.17 bits per heavy atom. The number of rotatable bonds is 4. The van der Waals surface area contributed by atoms with Gasteiger partial charge in [-0.1, -0.05) is 12.1 Å². The van der Waals surface area contributed by atoms with E-state index < -0.39 is 6.36 Å². The van der Waals surface area contributed by atoms with E-state index in [2.05, 4.69) is 4.74 Å². The van der Waals surface area contributed by atoms with Crippen LogP contribution in [-0.2, 0) is 11.3 Å². The van der Waals surface area contributed by atoms with Crippen LogP contribution in [0.15, 0.2) is 24.3 Å². The average Bonchev–Trinajstić information content (AvgIpc) is 2.23. The van der Waals surface area contributed by atoms with Gasteiger partial charge in [0.05, 0.1) is 12.7 Å². The van der Waals surface area contributed by atoms with Crippen LogP contribution in [0.4, 0.5) is 13.2 Å². The van der Waals surface area contributed by atoms with Crippen LogP contribution >= 0.6 is 0 Å². The molecule has 1 aliphatic rings. The molecule has 1 saturated carbocycles. The Kier molecular flexibility index (Phi) is 3.77. The largest absolute Gasteiger partial charge is 0.573 e. The lowest BCUT2D eigenvalue weighted by molar-refractivity contribution is -0.274. The number of alkyl halides is 3. The van der Waals surface area contributed by atoms with Crippen LogP contribution in [0, 0.1) is 0 Å². The van der Waals surface area contributed by atoms with E-state index in [-0.39, 0.29) is 17.9 Å². The highest BCUT2D eigenvalue weighted by Gasteiger charge is 2.31. The lowest BCUT2D eigenvalue weighted by Crippen LogP contribution is -2.41. The summed E-state index contributed by atoms with van der Waals surface area (Å²) in [5.74, 6) is -0.225. The van der Waals surface area contributed by atoms with Gasteiger partial charge in [0, 0.05) is 6.04 Å². The third kappa shape index (κ3) is 3.89. The van der Waals surface area contributed by atoms with Gasteiger partial charge < -0.3 is 15.2 Å². The van der Waals surface area contributed by atoms with Crippen LogP contribution in [0.1, 0.15) is 18.4 Å². The first-order valence-corrected chi connectivity index (χ1v) is 5.64. The van der Waals surface area contributed by atoms with Gasteiger partial charge in [0.15, 0.2) is 0 Å². The van der Waals surface area contributed by atoms with Crippen molar-refractivity contribution >= 4 is 0 Å². The van der Waals surface area contributed by atoms with E-state index in [1.807, 2.05) is 0 Å². The van der Waals surface area contributed by atoms with Crippen LogP contribution in [0.5, 0.6) is 5.75 Å². The van der Waals surface area contributed by atoms with Gasteiger partial charge in [-0.2, -0.15) is 0 Å². The van der Waals surface area contributed by atoms with Crippen molar-refractivity contribution in [1.82, 2.24) is 0 Å². The minimum absolute atomic E-state index is 0.172. The first kappa shape index (κ1) is 13.2. The van der Waals surface area contributed by atoms with E-state index in [0.29, 0.717) is 6.61 Å². The molecule has 1 fully saturated rings. The molecule has 3 nitrogen and oxygen atoms in total. The molecule has 0 atom stereocenters. The summed E-state index contributed by atoms with van der Waals surface area (Å²) in [5, 5.41) is 0. The van der Waals surface area contributed by atoms with Gasteiger partial charge in [-0.3, -0.25) is 0 Å². The number of benzene rings is 1. The Balaban J connectivity index is 1.80. The Morgan fingerprint density at radius 3 is 2.28 bits per heavy atom. The van der Waals surface area contributed by atoms with E-state index in [9.17, 15) is 13.2 Å². The normalized spacial score (nSPS) is 23.6. The fraction of sp³-hybridized carbons (Fsp3) is 0.500. The first-order valence-electron chi connectivity index (χ1n) is 5.64. The molecule has 2 rings (SSSR count). The van der Waals surface area contributed by atoms with Crippen LogP contribution in [0.3, 0.4) is 0 Å². The number of ether oxygens (including phenoxy) is 2. The van der Waals surface area contributed by atoms with Crippen molar-refractivity contribution in [2.45, 2.75) is 38.0 Å². The van der Waals surface area contributed by atoms with E-state index in [0.717, 1.165) is 18.4 Å². The Bertz CT molecular complexity index is 385. The number of nitrogens with two attached hydrogens (primary N) is 1. The molecule has 2 N–H and O–H groups in total. The maximum absolute atomic E-state index is 11.9. The second-order valence-corrected chi connectivity index (χ2v) is 4.36. The maximum Gasteiger partial charge on any atom is 0.573 e. The minimum Gasteiger partial charge on any atom is -0.406 e. The highest BCUT2D eigenvalue weighted by Crippen LogP contribution is 2.25. The summed E-state index contributed by atoms with van der Waals surface area (Å²) >= 11 is 0. The van der Waals surface area contributed by atoms with Gasteiger partial charge in [-0.25, -0.2) is 0 Å². The predicted octanol–water partition coefficient (Wildman–Crippen LogP) is 2.59. The van der Waals surface area contributed by atoms with Crippen LogP contribution in [-0.4, -0.2) is 18.5 Å². The molecule has 0 heterocycles. The first-order chi connectivity index (χ1) is 8.42. The summed E-state index contributed by atoms with van der Waals surface area (Å²) in [6.07, 6.45) is -2.80.